The highest BCUT2D eigenvalue weighted by atomic mass is 31.3. The average molecular weight is 968 g/mol. The predicted octanol–water partition coefficient (Wildman–Crippen LogP) is 9.21. The highest BCUT2D eigenvalue weighted by Crippen LogP contribution is 2.60. The van der Waals surface area contributed by atoms with E-state index in [1.54, 1.807) is 0 Å². The van der Waals surface area contributed by atoms with Crippen molar-refractivity contribution in [2.75, 3.05) is 25.6 Å². The van der Waals surface area contributed by atoms with Crippen LogP contribution >= 0.6 is 15.6 Å². The molecule has 0 bridgehead atoms. The van der Waals surface area contributed by atoms with Crippen molar-refractivity contribution in [1.82, 2.24) is 9.55 Å². The lowest BCUT2D eigenvalue weighted by Crippen LogP contribution is -2.36. The van der Waals surface area contributed by atoms with E-state index in [4.69, 9.17) is 29.0 Å². The van der Waals surface area contributed by atoms with Gasteiger partial charge in [0.1, 0.15) is 30.7 Å². The molecule has 1 aromatic rings. The molecule has 378 valence electrons. The fraction of sp³-hybridized carbons (Fsp3) is 0.867. The standard InChI is InChI=1S/C45H83N3O15P2/c1-35(2)26-22-18-14-10-7-5-6-8-12-16-20-24-28-40(49)58-32-37(61-41(50)29-25-21-17-13-9-11-15-19-23-27-36(3)4)33-59-64(54,55)63-65(56,57)60-34-38-42(51)43(52)44(62-38)48-31-30-39(46)47-45(48)53/h30-31,35-38,42-44,51-52H,5-29,32-34H2,1-4H3,(H,54,55)(H,56,57)(H2,46,47,53)/t37-,38-,42+,43?,44-/m1/s1. The largest absolute Gasteiger partial charge is 0.481 e. The minimum absolute atomic E-state index is 0.0547. The molecule has 3 unspecified atom stereocenters. The van der Waals surface area contributed by atoms with Gasteiger partial charge in [-0.05, 0) is 30.7 Å². The fourth-order valence-corrected chi connectivity index (χ4v) is 9.62. The van der Waals surface area contributed by atoms with Crippen LogP contribution in [-0.4, -0.2) is 85.7 Å². The van der Waals surface area contributed by atoms with Crippen molar-refractivity contribution in [3.8, 4) is 0 Å². The molecule has 1 aliphatic rings. The van der Waals surface area contributed by atoms with Crippen LogP contribution in [0.5, 0.6) is 0 Å². The number of aliphatic hydroxyl groups is 2. The van der Waals surface area contributed by atoms with Crippen LogP contribution in [0.1, 0.15) is 194 Å². The molecule has 2 heterocycles. The molecule has 7 atom stereocenters. The van der Waals surface area contributed by atoms with Crippen LogP contribution in [0.4, 0.5) is 5.82 Å². The van der Waals surface area contributed by atoms with Crippen molar-refractivity contribution < 1.29 is 66.3 Å². The maximum Gasteiger partial charge on any atom is 0.481 e. The van der Waals surface area contributed by atoms with Crippen LogP contribution in [0.15, 0.2) is 17.1 Å². The van der Waals surface area contributed by atoms with Crippen LogP contribution < -0.4 is 11.4 Å². The lowest BCUT2D eigenvalue weighted by Gasteiger charge is -2.21. The van der Waals surface area contributed by atoms with Crippen LogP contribution in [-0.2, 0) is 46.3 Å². The van der Waals surface area contributed by atoms with Crippen molar-refractivity contribution in [3.05, 3.63) is 22.7 Å². The second-order valence-corrected chi connectivity index (χ2v) is 21.3. The quantitative estimate of drug-likeness (QED) is 0.0234. The molecule has 6 N–H and O–H groups in total. The Hall–Kier alpha value is -2.24. The zero-order valence-electron chi connectivity index (χ0n) is 39.6. The summed E-state index contributed by atoms with van der Waals surface area (Å²) in [5.41, 5.74) is 4.59. The van der Waals surface area contributed by atoms with Crippen LogP contribution in [0.25, 0.3) is 0 Å². The summed E-state index contributed by atoms with van der Waals surface area (Å²) in [6, 6.07) is 1.25. The number of phosphoric acid groups is 2. The summed E-state index contributed by atoms with van der Waals surface area (Å²) in [7, 11) is -10.8. The highest BCUT2D eigenvalue weighted by Gasteiger charge is 2.46. The van der Waals surface area contributed by atoms with Gasteiger partial charge in [0.05, 0.1) is 13.2 Å². The Morgan fingerprint density at radius 2 is 1.14 bits per heavy atom. The van der Waals surface area contributed by atoms with Crippen molar-refractivity contribution in [3.63, 3.8) is 0 Å². The molecule has 0 saturated carbocycles. The molecule has 0 aliphatic carbocycles. The number of nitrogens with two attached hydrogens (primary N) is 1. The van der Waals surface area contributed by atoms with Gasteiger partial charge in [0.15, 0.2) is 12.3 Å². The first kappa shape index (κ1) is 58.9. The van der Waals surface area contributed by atoms with E-state index in [1.165, 1.54) is 95.7 Å². The molecule has 0 radical (unpaired) electrons. The summed E-state index contributed by atoms with van der Waals surface area (Å²) in [6.07, 6.45) is 19.3. The number of anilines is 1. The number of carbonyl (C=O) groups excluding carboxylic acids is 2. The zero-order chi connectivity index (χ0) is 48.1. The van der Waals surface area contributed by atoms with E-state index in [0.29, 0.717) is 12.8 Å². The molecule has 1 fully saturated rings. The Balaban J connectivity index is 1.81. The minimum Gasteiger partial charge on any atom is -0.462 e. The van der Waals surface area contributed by atoms with Crippen molar-refractivity contribution in [2.24, 2.45) is 11.8 Å². The van der Waals surface area contributed by atoms with Crippen LogP contribution in [0, 0.1) is 11.8 Å². The monoisotopic (exact) mass is 968 g/mol. The van der Waals surface area contributed by atoms with Gasteiger partial charge in [-0.1, -0.05) is 163 Å². The molecule has 20 heteroatoms. The Labute approximate surface area is 387 Å². The second kappa shape index (κ2) is 33.3. The third-order valence-corrected chi connectivity index (χ3v) is 13.9. The molecule has 1 aromatic heterocycles. The third kappa shape index (κ3) is 28.0. The van der Waals surface area contributed by atoms with Crippen molar-refractivity contribution >= 4 is 33.4 Å². The molecule has 2 rings (SSSR count). The van der Waals surface area contributed by atoms with Gasteiger partial charge in [0.25, 0.3) is 0 Å². The fourth-order valence-electron chi connectivity index (χ4n) is 7.51. The van der Waals surface area contributed by atoms with Gasteiger partial charge in [0.2, 0.25) is 0 Å². The number of hydrogen-bond acceptors (Lipinski definition) is 15. The maximum atomic E-state index is 12.8. The molecular weight excluding hydrogens is 884 g/mol. The number of nitrogens with zero attached hydrogens (tertiary/aromatic N) is 2. The van der Waals surface area contributed by atoms with Gasteiger partial charge < -0.3 is 39.9 Å². The summed E-state index contributed by atoms with van der Waals surface area (Å²) < 4.78 is 56.7. The first-order valence-corrected chi connectivity index (χ1v) is 27.3. The molecule has 18 nitrogen and oxygen atoms in total. The number of ether oxygens (including phenoxy) is 3. The number of aliphatic hydroxyl groups excluding tert-OH is 2. The van der Waals surface area contributed by atoms with E-state index in [0.717, 1.165) is 67.8 Å². The summed E-state index contributed by atoms with van der Waals surface area (Å²) in [4.78, 5) is 61.8. The van der Waals surface area contributed by atoms with E-state index < -0.39 is 83.7 Å². The number of esters is 2. The Bertz CT molecular complexity index is 1620. The number of nitrogen functional groups attached to an aromatic ring is 1. The first-order chi connectivity index (χ1) is 30.9. The van der Waals surface area contributed by atoms with Crippen molar-refractivity contribution in [1.29, 1.82) is 0 Å². The lowest BCUT2D eigenvalue weighted by molar-refractivity contribution is -0.161. The molecule has 65 heavy (non-hydrogen) atoms. The number of aromatic nitrogens is 2. The lowest BCUT2D eigenvalue weighted by atomic mass is 10.0. The number of hydrogen-bond donors (Lipinski definition) is 5. The van der Waals surface area contributed by atoms with Gasteiger partial charge >= 0.3 is 33.3 Å². The van der Waals surface area contributed by atoms with E-state index in [1.807, 2.05) is 0 Å². The molecule has 0 spiro atoms. The third-order valence-electron chi connectivity index (χ3n) is 11.3. The predicted molar refractivity (Wildman–Crippen MR) is 247 cm³/mol. The molecule has 0 aromatic carbocycles. The summed E-state index contributed by atoms with van der Waals surface area (Å²) >= 11 is 0. The van der Waals surface area contributed by atoms with Gasteiger partial charge in [-0.25, -0.2) is 13.9 Å². The normalized spacial score (nSPS) is 19.9. The molecule has 1 saturated heterocycles. The number of phosphoric ester groups is 2. The molecular formula is C45H83N3O15P2. The molecule has 1 aliphatic heterocycles. The molecule has 0 amide bonds. The van der Waals surface area contributed by atoms with Gasteiger partial charge in [-0.2, -0.15) is 9.29 Å². The number of carbonyl (C=O) groups is 2. The van der Waals surface area contributed by atoms with E-state index in [9.17, 15) is 43.5 Å². The van der Waals surface area contributed by atoms with Gasteiger partial charge in [0, 0.05) is 19.0 Å². The smallest absolute Gasteiger partial charge is 0.462 e. The number of unbranched alkanes of at least 4 members (excludes halogenated alkanes) is 19. The highest BCUT2D eigenvalue weighted by molar-refractivity contribution is 7.61. The van der Waals surface area contributed by atoms with E-state index >= 15 is 0 Å². The minimum atomic E-state index is -5.41. The Morgan fingerprint density at radius 3 is 1.62 bits per heavy atom. The second-order valence-electron chi connectivity index (χ2n) is 18.3. The maximum absolute atomic E-state index is 12.8. The van der Waals surface area contributed by atoms with E-state index in [2.05, 4.69) is 37.0 Å². The van der Waals surface area contributed by atoms with E-state index in [-0.39, 0.29) is 18.7 Å². The topological polar surface area (TPSA) is 265 Å². The van der Waals surface area contributed by atoms with Gasteiger partial charge in [-0.15, -0.1) is 0 Å². The average Bonchev–Trinajstić information content (AvgIpc) is 3.51. The first-order valence-electron chi connectivity index (χ1n) is 24.3. The van der Waals surface area contributed by atoms with Gasteiger partial charge in [-0.3, -0.25) is 23.2 Å². The van der Waals surface area contributed by atoms with Crippen molar-refractivity contribution in [2.45, 2.75) is 219 Å². The number of rotatable bonds is 39. The van der Waals surface area contributed by atoms with Crippen LogP contribution in [0.2, 0.25) is 0 Å². The summed E-state index contributed by atoms with van der Waals surface area (Å²) in [5, 5.41) is 20.9. The zero-order valence-corrected chi connectivity index (χ0v) is 41.4. The summed E-state index contributed by atoms with van der Waals surface area (Å²) in [6.45, 7) is 6.73. The Kier molecular flexibility index (Phi) is 30.2. The van der Waals surface area contributed by atoms with Crippen LogP contribution in [0.3, 0.4) is 0 Å². The summed E-state index contributed by atoms with van der Waals surface area (Å²) in [5.74, 6) is 0.228. The Morgan fingerprint density at radius 1 is 0.692 bits per heavy atom. The SMILES string of the molecule is CC(C)CCCCCCCCCCCCCCC(=O)OC[C@H](COP(=O)(O)OP(=O)(O)OC[C@H]1O[C@@H](n2ccc(N)nc2=O)C(O)[C@H]1O)OC(=O)CCCCCCCCCCCC(C)C.